The van der Waals surface area contributed by atoms with Crippen LogP contribution in [0.3, 0.4) is 0 Å². The van der Waals surface area contributed by atoms with E-state index < -0.39 is 0 Å². The second-order valence-electron chi connectivity index (χ2n) is 4.16. The van der Waals surface area contributed by atoms with E-state index in [0.29, 0.717) is 4.99 Å². The second kappa shape index (κ2) is 5.37. The van der Waals surface area contributed by atoms with Crippen molar-refractivity contribution in [2.45, 2.75) is 13.0 Å². The Hall–Kier alpha value is -1.27. The standard InChI is InChI=1S/C11H17N5S/c1-9(11(12)17)15-4-6-16(7-5-15)10-8-13-2-3-14-10/h2-3,8-9H,4-7H2,1H3,(H2,12,17). The maximum Gasteiger partial charge on any atom is 0.147 e. The molecule has 1 saturated heterocycles. The molecule has 1 fully saturated rings. The summed E-state index contributed by atoms with van der Waals surface area (Å²) in [6, 6.07) is 0.175. The van der Waals surface area contributed by atoms with E-state index in [9.17, 15) is 0 Å². The second-order valence-corrected chi connectivity index (χ2v) is 4.64. The van der Waals surface area contributed by atoms with E-state index in [4.69, 9.17) is 18.0 Å². The average Bonchev–Trinajstić information content (AvgIpc) is 2.39. The molecule has 5 nitrogen and oxygen atoms in total. The molecule has 92 valence electrons. The number of thiocarbonyl (C=S) groups is 1. The molecule has 6 heteroatoms. The van der Waals surface area contributed by atoms with Crippen molar-refractivity contribution >= 4 is 23.0 Å². The number of piperazine rings is 1. The third-order valence-electron chi connectivity index (χ3n) is 3.15. The maximum absolute atomic E-state index is 5.67. The summed E-state index contributed by atoms with van der Waals surface area (Å²) >= 11 is 5.02. The molecule has 1 aromatic rings. The first-order chi connectivity index (χ1) is 8.18. The minimum absolute atomic E-state index is 0.175. The van der Waals surface area contributed by atoms with Crippen LogP contribution in [-0.2, 0) is 0 Å². The van der Waals surface area contributed by atoms with Gasteiger partial charge in [0.25, 0.3) is 0 Å². The van der Waals surface area contributed by atoms with Gasteiger partial charge in [0.1, 0.15) is 5.82 Å². The Morgan fingerprint density at radius 1 is 1.35 bits per heavy atom. The Morgan fingerprint density at radius 3 is 2.59 bits per heavy atom. The number of nitrogens with zero attached hydrogens (tertiary/aromatic N) is 4. The van der Waals surface area contributed by atoms with Crippen molar-refractivity contribution in [3.63, 3.8) is 0 Å². The van der Waals surface area contributed by atoms with Gasteiger partial charge in [-0.25, -0.2) is 4.98 Å². The molecular formula is C11H17N5S. The lowest BCUT2D eigenvalue weighted by Gasteiger charge is -2.37. The lowest BCUT2D eigenvalue weighted by atomic mass is 10.2. The molecule has 1 aliphatic heterocycles. The first-order valence-electron chi connectivity index (χ1n) is 5.73. The smallest absolute Gasteiger partial charge is 0.147 e. The van der Waals surface area contributed by atoms with Gasteiger partial charge in [-0.1, -0.05) is 12.2 Å². The first-order valence-corrected chi connectivity index (χ1v) is 6.13. The number of anilines is 1. The molecule has 0 spiro atoms. The summed E-state index contributed by atoms with van der Waals surface area (Å²) in [4.78, 5) is 13.5. The Kier molecular flexibility index (Phi) is 3.86. The van der Waals surface area contributed by atoms with Crippen molar-refractivity contribution in [3.8, 4) is 0 Å². The molecule has 2 N–H and O–H groups in total. The molecule has 0 radical (unpaired) electrons. The quantitative estimate of drug-likeness (QED) is 0.778. The van der Waals surface area contributed by atoms with Crippen molar-refractivity contribution in [2.75, 3.05) is 31.1 Å². The van der Waals surface area contributed by atoms with E-state index in [1.807, 2.05) is 0 Å². The average molecular weight is 251 g/mol. The third kappa shape index (κ3) is 2.89. The van der Waals surface area contributed by atoms with Gasteiger partial charge in [0.15, 0.2) is 0 Å². The summed E-state index contributed by atoms with van der Waals surface area (Å²) in [5.41, 5.74) is 5.67. The molecule has 1 atom stereocenters. The predicted molar refractivity (Wildman–Crippen MR) is 72.1 cm³/mol. The molecule has 2 rings (SSSR count). The van der Waals surface area contributed by atoms with E-state index in [1.54, 1.807) is 18.6 Å². The van der Waals surface area contributed by atoms with Crippen LogP contribution in [0.5, 0.6) is 0 Å². The van der Waals surface area contributed by atoms with Crippen LogP contribution in [0.25, 0.3) is 0 Å². The van der Waals surface area contributed by atoms with Crippen LogP contribution >= 0.6 is 12.2 Å². The minimum Gasteiger partial charge on any atom is -0.392 e. The zero-order valence-electron chi connectivity index (χ0n) is 9.91. The zero-order chi connectivity index (χ0) is 12.3. The molecule has 0 aromatic carbocycles. The molecular weight excluding hydrogens is 234 g/mol. The predicted octanol–water partition coefficient (Wildman–Crippen LogP) is 0.273. The fourth-order valence-electron chi connectivity index (χ4n) is 1.97. The van der Waals surface area contributed by atoms with Gasteiger partial charge < -0.3 is 10.6 Å². The lowest BCUT2D eigenvalue weighted by molar-refractivity contribution is 0.238. The van der Waals surface area contributed by atoms with Gasteiger partial charge in [-0.3, -0.25) is 9.88 Å². The molecule has 17 heavy (non-hydrogen) atoms. The molecule has 2 heterocycles. The van der Waals surface area contributed by atoms with E-state index in [1.165, 1.54) is 0 Å². The minimum atomic E-state index is 0.175. The summed E-state index contributed by atoms with van der Waals surface area (Å²) in [5, 5.41) is 0. The zero-order valence-corrected chi connectivity index (χ0v) is 10.7. The molecule has 0 bridgehead atoms. The largest absolute Gasteiger partial charge is 0.392 e. The van der Waals surface area contributed by atoms with Crippen LogP contribution in [0, 0.1) is 0 Å². The van der Waals surface area contributed by atoms with Crippen LogP contribution in [0.1, 0.15) is 6.92 Å². The monoisotopic (exact) mass is 251 g/mol. The summed E-state index contributed by atoms with van der Waals surface area (Å²) in [6.07, 6.45) is 5.21. The molecule has 0 aliphatic carbocycles. The van der Waals surface area contributed by atoms with E-state index in [-0.39, 0.29) is 6.04 Å². The highest BCUT2D eigenvalue weighted by molar-refractivity contribution is 7.80. The van der Waals surface area contributed by atoms with E-state index >= 15 is 0 Å². The number of hydrogen-bond acceptors (Lipinski definition) is 5. The van der Waals surface area contributed by atoms with Gasteiger partial charge >= 0.3 is 0 Å². The molecule has 1 aromatic heterocycles. The number of hydrogen-bond donors (Lipinski definition) is 1. The summed E-state index contributed by atoms with van der Waals surface area (Å²) < 4.78 is 0. The van der Waals surface area contributed by atoms with Crippen molar-refractivity contribution in [1.29, 1.82) is 0 Å². The fraction of sp³-hybridized carbons (Fsp3) is 0.545. The van der Waals surface area contributed by atoms with Crippen LogP contribution < -0.4 is 10.6 Å². The summed E-state index contributed by atoms with van der Waals surface area (Å²) in [7, 11) is 0. The van der Waals surface area contributed by atoms with Crippen LogP contribution in [0.2, 0.25) is 0 Å². The number of rotatable bonds is 3. The fourth-order valence-corrected chi connectivity index (χ4v) is 2.12. The maximum atomic E-state index is 5.67. The van der Waals surface area contributed by atoms with Crippen LogP contribution in [0.15, 0.2) is 18.6 Å². The summed E-state index contributed by atoms with van der Waals surface area (Å²) in [5.74, 6) is 0.940. The van der Waals surface area contributed by atoms with Crippen molar-refractivity contribution < 1.29 is 0 Å². The van der Waals surface area contributed by atoms with E-state index in [2.05, 4.69) is 26.7 Å². The normalized spacial score (nSPS) is 19.0. The van der Waals surface area contributed by atoms with Crippen molar-refractivity contribution in [3.05, 3.63) is 18.6 Å². The van der Waals surface area contributed by atoms with Gasteiger partial charge in [-0.05, 0) is 6.92 Å². The Bertz CT molecular complexity index is 375. The lowest BCUT2D eigenvalue weighted by Crippen LogP contribution is -2.52. The molecule has 0 saturated carbocycles. The first kappa shape index (κ1) is 12.2. The Labute approximate surface area is 107 Å². The SMILES string of the molecule is CC(C(N)=S)N1CCN(c2cnccn2)CC1. The van der Waals surface area contributed by atoms with E-state index in [0.717, 1.165) is 32.0 Å². The van der Waals surface area contributed by atoms with Gasteiger partial charge in [-0.15, -0.1) is 0 Å². The highest BCUT2D eigenvalue weighted by atomic mass is 32.1. The highest BCUT2D eigenvalue weighted by Crippen LogP contribution is 2.13. The Balaban J connectivity index is 1.93. The third-order valence-corrected chi connectivity index (χ3v) is 3.49. The highest BCUT2D eigenvalue weighted by Gasteiger charge is 2.22. The Morgan fingerprint density at radius 2 is 2.06 bits per heavy atom. The molecule has 1 aliphatic rings. The topological polar surface area (TPSA) is 58.3 Å². The number of aromatic nitrogens is 2. The van der Waals surface area contributed by atoms with Crippen LogP contribution in [0.4, 0.5) is 5.82 Å². The van der Waals surface area contributed by atoms with Gasteiger partial charge in [0.05, 0.1) is 17.2 Å². The van der Waals surface area contributed by atoms with Gasteiger partial charge in [0, 0.05) is 38.6 Å². The van der Waals surface area contributed by atoms with Gasteiger partial charge in [-0.2, -0.15) is 0 Å². The van der Waals surface area contributed by atoms with Gasteiger partial charge in [0.2, 0.25) is 0 Å². The molecule has 1 unspecified atom stereocenters. The number of nitrogens with two attached hydrogens (primary N) is 1. The summed E-state index contributed by atoms with van der Waals surface area (Å²) in [6.45, 7) is 5.84. The van der Waals surface area contributed by atoms with Crippen molar-refractivity contribution in [2.24, 2.45) is 5.73 Å². The van der Waals surface area contributed by atoms with Crippen molar-refractivity contribution in [1.82, 2.24) is 14.9 Å². The molecule has 0 amide bonds. The van der Waals surface area contributed by atoms with Crippen LogP contribution in [-0.4, -0.2) is 52.1 Å².